The van der Waals surface area contributed by atoms with Gasteiger partial charge >= 0.3 is 0 Å². The van der Waals surface area contributed by atoms with Crippen LogP contribution >= 0.6 is 27.3 Å². The molecule has 2 aromatic carbocycles. The lowest BCUT2D eigenvalue weighted by Crippen LogP contribution is -2.22. The summed E-state index contributed by atoms with van der Waals surface area (Å²) in [6.45, 7) is 0. The molecule has 1 amide bonds. The third kappa shape index (κ3) is 2.89. The number of hydrogen-bond acceptors (Lipinski definition) is 2. The number of anilines is 1. The number of hydrogen-bond donors (Lipinski definition) is 1. The van der Waals surface area contributed by atoms with Crippen molar-refractivity contribution in [3.8, 4) is 11.1 Å². The number of halogens is 3. The minimum atomic E-state index is -0.345. The van der Waals surface area contributed by atoms with Crippen LogP contribution in [0, 0.1) is 11.6 Å². The van der Waals surface area contributed by atoms with Crippen LogP contribution in [-0.4, -0.2) is 5.91 Å². The molecule has 1 aliphatic rings. The predicted octanol–water partition coefficient (Wildman–Crippen LogP) is 5.93. The van der Waals surface area contributed by atoms with Gasteiger partial charge in [-0.3, -0.25) is 4.79 Å². The highest BCUT2D eigenvalue weighted by molar-refractivity contribution is 9.10. The smallest absolute Gasteiger partial charge is 0.225 e. The van der Waals surface area contributed by atoms with Crippen LogP contribution in [0.15, 0.2) is 52.3 Å². The summed E-state index contributed by atoms with van der Waals surface area (Å²) < 4.78 is 28.1. The van der Waals surface area contributed by atoms with Crippen LogP contribution in [0.2, 0.25) is 0 Å². The average molecular weight is 420 g/mol. The fourth-order valence-electron chi connectivity index (χ4n) is 3.10. The maximum Gasteiger partial charge on any atom is 0.225 e. The SMILES string of the molecule is O=C1C[C@@H](c2ccc(F)c(Br)c2)c2scc(-c3ccccc3F)c2N1. The first-order valence-electron chi connectivity index (χ1n) is 7.65. The number of rotatable bonds is 2. The van der Waals surface area contributed by atoms with Gasteiger partial charge in [0.2, 0.25) is 5.91 Å². The third-order valence-electron chi connectivity index (χ3n) is 4.30. The van der Waals surface area contributed by atoms with Gasteiger partial charge in [0, 0.05) is 33.7 Å². The lowest BCUT2D eigenvalue weighted by Gasteiger charge is -2.24. The van der Waals surface area contributed by atoms with Gasteiger partial charge in [0.05, 0.1) is 10.2 Å². The van der Waals surface area contributed by atoms with Crippen molar-refractivity contribution in [1.29, 1.82) is 0 Å². The van der Waals surface area contributed by atoms with Crippen molar-refractivity contribution in [1.82, 2.24) is 0 Å². The molecule has 6 heteroatoms. The van der Waals surface area contributed by atoms with E-state index in [0.717, 1.165) is 10.4 Å². The quantitative estimate of drug-likeness (QED) is 0.547. The van der Waals surface area contributed by atoms with Crippen LogP contribution < -0.4 is 5.32 Å². The Balaban J connectivity index is 1.84. The van der Waals surface area contributed by atoms with Gasteiger partial charge in [-0.2, -0.15) is 0 Å². The van der Waals surface area contributed by atoms with Crippen molar-refractivity contribution < 1.29 is 13.6 Å². The normalized spacial score (nSPS) is 16.4. The lowest BCUT2D eigenvalue weighted by atomic mass is 9.89. The molecule has 0 saturated heterocycles. The van der Waals surface area contributed by atoms with Crippen molar-refractivity contribution in [3.05, 3.63) is 74.4 Å². The first-order chi connectivity index (χ1) is 12.0. The van der Waals surface area contributed by atoms with Gasteiger partial charge in [-0.25, -0.2) is 8.78 Å². The molecule has 1 atom stereocenters. The second-order valence-corrected chi connectivity index (χ2v) is 7.61. The highest BCUT2D eigenvalue weighted by Gasteiger charge is 2.31. The number of nitrogens with one attached hydrogen (secondary N) is 1. The summed E-state index contributed by atoms with van der Waals surface area (Å²) in [6.07, 6.45) is 0.280. The van der Waals surface area contributed by atoms with E-state index in [0.29, 0.717) is 21.3 Å². The van der Waals surface area contributed by atoms with Crippen LogP contribution in [0.5, 0.6) is 0 Å². The Hall–Kier alpha value is -2.05. The number of carbonyl (C=O) groups excluding carboxylic acids is 1. The van der Waals surface area contributed by atoms with Crippen LogP contribution in [0.4, 0.5) is 14.5 Å². The first kappa shape index (κ1) is 16.4. The first-order valence-corrected chi connectivity index (χ1v) is 9.33. The highest BCUT2D eigenvalue weighted by atomic mass is 79.9. The Morgan fingerprint density at radius 2 is 1.88 bits per heavy atom. The van der Waals surface area contributed by atoms with Crippen LogP contribution in [0.1, 0.15) is 22.8 Å². The summed E-state index contributed by atoms with van der Waals surface area (Å²) in [5.74, 6) is -0.980. The Morgan fingerprint density at radius 3 is 2.64 bits per heavy atom. The van der Waals surface area contributed by atoms with E-state index in [1.807, 2.05) is 5.38 Å². The van der Waals surface area contributed by atoms with E-state index < -0.39 is 0 Å². The molecular formula is C19H12BrF2NOS. The fraction of sp³-hybridized carbons (Fsp3) is 0.105. The highest BCUT2D eigenvalue weighted by Crippen LogP contribution is 2.47. The summed E-state index contributed by atoms with van der Waals surface area (Å²) in [6, 6.07) is 11.3. The monoisotopic (exact) mass is 419 g/mol. The van der Waals surface area contributed by atoms with Gasteiger partial charge in [0.15, 0.2) is 0 Å². The molecule has 0 saturated carbocycles. The van der Waals surface area contributed by atoms with Crippen molar-refractivity contribution in [2.75, 3.05) is 5.32 Å². The van der Waals surface area contributed by atoms with Crippen LogP contribution in [0.25, 0.3) is 11.1 Å². The molecule has 2 heterocycles. The fourth-order valence-corrected chi connectivity index (χ4v) is 4.65. The Kier molecular flexibility index (Phi) is 4.17. The van der Waals surface area contributed by atoms with Gasteiger partial charge in [-0.05, 0) is 39.7 Å². The summed E-state index contributed by atoms with van der Waals surface area (Å²) in [4.78, 5) is 13.2. The summed E-state index contributed by atoms with van der Waals surface area (Å²) in [5.41, 5.74) is 2.64. The van der Waals surface area contributed by atoms with Gasteiger partial charge < -0.3 is 5.32 Å². The molecule has 126 valence electrons. The van der Waals surface area contributed by atoms with E-state index >= 15 is 0 Å². The number of amides is 1. The van der Waals surface area contributed by atoms with Gasteiger partial charge in [0.1, 0.15) is 11.6 Å². The van der Waals surface area contributed by atoms with E-state index in [1.54, 1.807) is 30.3 Å². The van der Waals surface area contributed by atoms with Crippen LogP contribution in [0.3, 0.4) is 0 Å². The van der Waals surface area contributed by atoms with Gasteiger partial charge in [-0.15, -0.1) is 11.3 Å². The molecule has 0 radical (unpaired) electrons. The topological polar surface area (TPSA) is 29.1 Å². The molecule has 0 aliphatic carbocycles. The average Bonchev–Trinajstić information content (AvgIpc) is 3.00. The minimum Gasteiger partial charge on any atom is -0.325 e. The third-order valence-corrected chi connectivity index (χ3v) is 6.00. The second kappa shape index (κ2) is 6.35. The molecule has 1 N–H and O–H groups in total. The second-order valence-electron chi connectivity index (χ2n) is 5.85. The zero-order valence-corrected chi connectivity index (χ0v) is 15.3. The molecule has 2 nitrogen and oxygen atoms in total. The zero-order valence-electron chi connectivity index (χ0n) is 12.9. The summed E-state index contributed by atoms with van der Waals surface area (Å²) in [5, 5.41) is 4.74. The van der Waals surface area contributed by atoms with E-state index in [2.05, 4.69) is 21.2 Å². The molecule has 1 aromatic heterocycles. The van der Waals surface area contributed by atoms with Crippen molar-refractivity contribution in [3.63, 3.8) is 0 Å². The molecule has 4 rings (SSSR count). The Bertz CT molecular complexity index is 985. The molecule has 0 unspecified atom stereocenters. The van der Waals surface area contributed by atoms with Crippen LogP contribution in [-0.2, 0) is 4.79 Å². The maximum atomic E-state index is 14.2. The standard InChI is InChI=1S/C19H12BrF2NOS/c20-14-7-10(5-6-16(14)22)12-8-17(24)23-18-13(9-25-19(12)18)11-3-1-2-4-15(11)21/h1-7,9,12H,8H2,(H,23,24)/t12-/m0/s1. The Morgan fingerprint density at radius 1 is 1.08 bits per heavy atom. The number of carbonyl (C=O) groups is 1. The van der Waals surface area contributed by atoms with Crippen molar-refractivity contribution in [2.45, 2.75) is 12.3 Å². The molecule has 0 spiro atoms. The molecule has 3 aromatic rings. The van der Waals surface area contributed by atoms with Crippen molar-refractivity contribution >= 4 is 38.9 Å². The van der Waals surface area contributed by atoms with Gasteiger partial charge in [-0.1, -0.05) is 24.3 Å². The summed E-state index contributed by atoms with van der Waals surface area (Å²) >= 11 is 4.68. The number of benzene rings is 2. The molecular weight excluding hydrogens is 408 g/mol. The minimum absolute atomic E-state index is 0.131. The van der Waals surface area contributed by atoms with E-state index in [1.165, 1.54) is 23.5 Å². The maximum absolute atomic E-state index is 14.2. The molecule has 0 bridgehead atoms. The Labute approximate surface area is 155 Å². The largest absolute Gasteiger partial charge is 0.325 e. The van der Waals surface area contributed by atoms with E-state index in [-0.39, 0.29) is 29.9 Å². The zero-order chi connectivity index (χ0) is 17.6. The number of thiophene rings is 1. The van der Waals surface area contributed by atoms with E-state index in [9.17, 15) is 13.6 Å². The molecule has 1 aliphatic heterocycles. The van der Waals surface area contributed by atoms with E-state index in [4.69, 9.17) is 0 Å². The molecule has 25 heavy (non-hydrogen) atoms. The lowest BCUT2D eigenvalue weighted by molar-refractivity contribution is -0.116. The summed E-state index contributed by atoms with van der Waals surface area (Å²) in [7, 11) is 0. The van der Waals surface area contributed by atoms with Gasteiger partial charge in [0.25, 0.3) is 0 Å². The predicted molar refractivity (Wildman–Crippen MR) is 98.9 cm³/mol. The molecule has 0 fully saturated rings. The number of fused-ring (bicyclic) bond motifs is 1. The van der Waals surface area contributed by atoms with Crippen molar-refractivity contribution in [2.24, 2.45) is 0 Å².